The lowest BCUT2D eigenvalue weighted by atomic mass is 9.95. The number of aromatic amines is 1. The third kappa shape index (κ3) is 6.96. The van der Waals surface area contributed by atoms with Gasteiger partial charge in [0.1, 0.15) is 17.3 Å². The fourth-order valence-electron chi connectivity index (χ4n) is 6.57. The highest BCUT2D eigenvalue weighted by Gasteiger charge is 2.38. The molecule has 2 atom stereocenters. The molecule has 13 heteroatoms. The maximum atomic E-state index is 15.1. The number of benzene rings is 2. The van der Waals surface area contributed by atoms with Gasteiger partial charge >= 0.3 is 6.09 Å². The molecule has 2 aliphatic rings. The van der Waals surface area contributed by atoms with Crippen molar-refractivity contribution in [3.05, 3.63) is 77.4 Å². The topological polar surface area (TPSA) is 133 Å². The molecule has 252 valence electrons. The lowest BCUT2D eigenvalue weighted by Gasteiger charge is -2.42. The van der Waals surface area contributed by atoms with E-state index in [2.05, 4.69) is 20.5 Å². The van der Waals surface area contributed by atoms with Gasteiger partial charge in [-0.25, -0.2) is 9.18 Å². The van der Waals surface area contributed by atoms with Crippen LogP contribution in [0, 0.1) is 12.7 Å². The number of likely N-dealkylation sites (tertiary alicyclic amines) is 1. The summed E-state index contributed by atoms with van der Waals surface area (Å²) in [4.78, 5) is 49.3. The summed E-state index contributed by atoms with van der Waals surface area (Å²) < 4.78 is 25.7. The zero-order valence-corrected chi connectivity index (χ0v) is 27.4. The number of H-pyrrole nitrogens is 1. The molecule has 0 aliphatic carbocycles. The maximum Gasteiger partial charge on any atom is 0.409 e. The molecule has 48 heavy (non-hydrogen) atoms. The highest BCUT2D eigenvalue weighted by atomic mass is 19.1. The molecule has 2 aromatic carbocycles. The molecule has 3 amide bonds. The highest BCUT2D eigenvalue weighted by Crippen LogP contribution is 2.30. The van der Waals surface area contributed by atoms with Crippen LogP contribution in [0.15, 0.2) is 54.7 Å². The second kappa shape index (κ2) is 14.4. The number of aromatic nitrogens is 3. The number of fused-ring (bicyclic) bond motifs is 1. The summed E-state index contributed by atoms with van der Waals surface area (Å²) in [5, 5.41) is 11.5. The number of hydrogen-bond acceptors (Lipinski definition) is 8. The van der Waals surface area contributed by atoms with Crippen molar-refractivity contribution >= 4 is 28.8 Å². The number of pyridine rings is 1. The molecule has 2 aliphatic heterocycles. The predicted octanol–water partition coefficient (Wildman–Crippen LogP) is 4.14. The van der Waals surface area contributed by atoms with E-state index in [9.17, 15) is 14.4 Å². The Labute approximate surface area is 278 Å². The van der Waals surface area contributed by atoms with Gasteiger partial charge in [0.15, 0.2) is 0 Å². The Balaban J connectivity index is 1.19. The summed E-state index contributed by atoms with van der Waals surface area (Å²) in [6, 6.07) is 13.1. The van der Waals surface area contributed by atoms with Crippen LogP contribution in [0.3, 0.4) is 0 Å². The molecule has 2 saturated heterocycles. The van der Waals surface area contributed by atoms with Gasteiger partial charge in [0.25, 0.3) is 5.91 Å². The monoisotopic (exact) mass is 657 g/mol. The van der Waals surface area contributed by atoms with Crippen LogP contribution < -0.4 is 10.1 Å². The van der Waals surface area contributed by atoms with Crippen LogP contribution in [-0.4, -0.2) is 106 Å². The van der Waals surface area contributed by atoms with Crippen LogP contribution in [0.4, 0.5) is 9.18 Å². The zero-order valence-electron chi connectivity index (χ0n) is 27.4. The van der Waals surface area contributed by atoms with Gasteiger partial charge in [0.2, 0.25) is 5.91 Å². The minimum atomic E-state index is -0.537. The van der Waals surface area contributed by atoms with Gasteiger partial charge < -0.3 is 24.6 Å². The third-order valence-electron chi connectivity index (χ3n) is 9.07. The average Bonchev–Trinajstić information content (AvgIpc) is 3.53. The number of piperazine rings is 1. The number of ether oxygens (including phenoxy) is 2. The van der Waals surface area contributed by atoms with Crippen molar-refractivity contribution in [3.63, 3.8) is 0 Å². The van der Waals surface area contributed by atoms with Crippen molar-refractivity contribution in [2.24, 2.45) is 0 Å². The first kappa shape index (κ1) is 32.9. The maximum absolute atomic E-state index is 15.1. The molecule has 0 saturated carbocycles. The van der Waals surface area contributed by atoms with Crippen molar-refractivity contribution in [2.45, 2.75) is 45.3 Å². The zero-order chi connectivity index (χ0) is 33.8. The van der Waals surface area contributed by atoms with E-state index in [4.69, 9.17) is 9.47 Å². The Morgan fingerprint density at radius 2 is 1.83 bits per heavy atom. The quantitative estimate of drug-likeness (QED) is 0.289. The molecule has 4 aromatic rings. The van der Waals surface area contributed by atoms with E-state index in [1.165, 1.54) is 13.2 Å². The Morgan fingerprint density at radius 1 is 1.04 bits per heavy atom. The van der Waals surface area contributed by atoms with E-state index in [-0.39, 0.29) is 37.1 Å². The highest BCUT2D eigenvalue weighted by molar-refractivity contribution is 6.01. The van der Waals surface area contributed by atoms with E-state index in [0.717, 1.165) is 27.9 Å². The summed E-state index contributed by atoms with van der Waals surface area (Å²) in [7, 11) is 1.49. The van der Waals surface area contributed by atoms with Gasteiger partial charge in [-0.1, -0.05) is 6.07 Å². The van der Waals surface area contributed by atoms with Crippen molar-refractivity contribution < 1.29 is 28.2 Å². The van der Waals surface area contributed by atoms with Crippen molar-refractivity contribution in [3.8, 4) is 17.0 Å². The number of amides is 3. The number of nitrogens with one attached hydrogen (secondary N) is 2. The lowest BCUT2D eigenvalue weighted by Crippen LogP contribution is -2.59. The van der Waals surface area contributed by atoms with Gasteiger partial charge in [-0.3, -0.25) is 24.6 Å². The number of carbonyl (C=O) groups excluding carboxylic acids is 3. The SMILES string of the molecule is CCOC(=O)N1CCN(C(=O)[C@@H]2CC[C@@H](NC(=O)c3ccc4[nH]nc(-c5ccnc(C)c5)c4c3)CN2Cc2c(F)cccc2OC)CC1. The molecule has 0 radical (unpaired) electrons. The van der Waals surface area contributed by atoms with Crippen LogP contribution in [0.25, 0.3) is 22.2 Å². The summed E-state index contributed by atoms with van der Waals surface area (Å²) >= 11 is 0. The molecule has 0 spiro atoms. The van der Waals surface area contributed by atoms with Gasteiger partial charge in [0.05, 0.1) is 25.3 Å². The van der Waals surface area contributed by atoms with Crippen LogP contribution in [-0.2, 0) is 16.1 Å². The van der Waals surface area contributed by atoms with E-state index in [0.29, 0.717) is 62.4 Å². The van der Waals surface area contributed by atoms with Crippen LogP contribution in [0.5, 0.6) is 5.75 Å². The second-order valence-electron chi connectivity index (χ2n) is 12.1. The fourth-order valence-corrected chi connectivity index (χ4v) is 6.57. The summed E-state index contributed by atoms with van der Waals surface area (Å²) in [6.45, 7) is 5.92. The summed E-state index contributed by atoms with van der Waals surface area (Å²) in [6.07, 6.45) is 2.37. The average molecular weight is 658 g/mol. The summed E-state index contributed by atoms with van der Waals surface area (Å²) in [5.41, 5.74) is 4.14. The number of aryl methyl sites for hydroxylation is 1. The molecule has 2 aromatic heterocycles. The summed E-state index contributed by atoms with van der Waals surface area (Å²) in [5.74, 6) is -0.362. The molecule has 4 heterocycles. The predicted molar refractivity (Wildman–Crippen MR) is 177 cm³/mol. The second-order valence-corrected chi connectivity index (χ2v) is 12.1. The van der Waals surface area contributed by atoms with Gasteiger partial charge in [-0.05, 0) is 69.2 Å². The number of carbonyl (C=O) groups is 3. The number of rotatable bonds is 8. The van der Waals surface area contributed by atoms with Gasteiger partial charge in [-0.15, -0.1) is 0 Å². The first-order valence-corrected chi connectivity index (χ1v) is 16.2. The number of halogens is 1. The fraction of sp³-hybridized carbons (Fsp3) is 0.400. The van der Waals surface area contributed by atoms with Crippen molar-refractivity contribution in [1.29, 1.82) is 0 Å². The first-order chi connectivity index (χ1) is 23.2. The molecule has 12 nitrogen and oxygen atoms in total. The van der Waals surface area contributed by atoms with Crippen molar-refractivity contribution in [2.75, 3.05) is 46.4 Å². The van der Waals surface area contributed by atoms with E-state index >= 15 is 4.39 Å². The normalized spacial score (nSPS) is 18.5. The van der Waals surface area contributed by atoms with Crippen LogP contribution in [0.2, 0.25) is 0 Å². The van der Waals surface area contributed by atoms with E-state index in [1.807, 2.05) is 36.1 Å². The minimum Gasteiger partial charge on any atom is -0.496 e. The van der Waals surface area contributed by atoms with Crippen LogP contribution >= 0.6 is 0 Å². The Bertz CT molecular complexity index is 1810. The Morgan fingerprint density at radius 3 is 2.58 bits per heavy atom. The lowest BCUT2D eigenvalue weighted by molar-refractivity contribution is -0.140. The van der Waals surface area contributed by atoms with Crippen molar-refractivity contribution in [1.82, 2.24) is 35.2 Å². The molecular weight excluding hydrogens is 617 g/mol. The molecule has 6 rings (SSSR count). The Kier molecular flexibility index (Phi) is 9.85. The number of nitrogens with zero attached hydrogens (tertiary/aromatic N) is 5. The minimum absolute atomic E-state index is 0.0807. The molecule has 2 fully saturated rings. The number of hydrogen-bond donors (Lipinski definition) is 2. The van der Waals surface area contributed by atoms with Crippen LogP contribution in [0.1, 0.15) is 41.4 Å². The largest absolute Gasteiger partial charge is 0.496 e. The number of piperidine rings is 1. The third-order valence-corrected chi connectivity index (χ3v) is 9.07. The molecule has 0 bridgehead atoms. The molecule has 2 N–H and O–H groups in total. The van der Waals surface area contributed by atoms with E-state index in [1.54, 1.807) is 41.1 Å². The van der Waals surface area contributed by atoms with Gasteiger partial charge in [-0.2, -0.15) is 5.10 Å². The van der Waals surface area contributed by atoms with Gasteiger partial charge in [0, 0.05) is 79.3 Å². The number of methoxy groups -OCH3 is 1. The van der Waals surface area contributed by atoms with E-state index < -0.39 is 11.9 Å². The Hall–Kier alpha value is -5.04. The smallest absolute Gasteiger partial charge is 0.409 e. The first-order valence-electron chi connectivity index (χ1n) is 16.2. The standard InChI is InChI=1S/C35H40FN7O5/c1-4-48-35(46)42-16-14-41(15-17-42)34(45)30-11-9-25(20-43(30)21-27-28(36)6-5-7-31(27)47-3)38-33(44)24-8-10-29-26(19-24)32(40-39-29)23-12-13-37-22(2)18-23/h5-8,10,12-13,18-19,25,30H,4,9,11,14-17,20-21H2,1-3H3,(H,38,44)(H,39,40)/t25-,30+/m1/s1. The molecular formula is C35H40FN7O5. The molecule has 0 unspecified atom stereocenters.